The minimum Gasteiger partial charge on any atom is -0.456 e. The monoisotopic (exact) mass is 702 g/mol. The van der Waals surface area contributed by atoms with Crippen molar-refractivity contribution in [3.05, 3.63) is 206 Å². The quantitative estimate of drug-likeness (QED) is 0.172. The van der Waals surface area contributed by atoms with Crippen LogP contribution in [0.4, 0.5) is 17.1 Å². The van der Waals surface area contributed by atoms with Crippen molar-refractivity contribution < 1.29 is 4.42 Å². The van der Waals surface area contributed by atoms with Crippen LogP contribution in [0.5, 0.6) is 0 Å². The number of hydrogen-bond donors (Lipinski definition) is 0. The highest BCUT2D eigenvalue weighted by Gasteiger charge is 2.22. The lowest BCUT2D eigenvalue weighted by Gasteiger charge is -2.27. The lowest BCUT2D eigenvalue weighted by Crippen LogP contribution is -2.10. The summed E-state index contributed by atoms with van der Waals surface area (Å²) < 4.78 is 8.83. The maximum absolute atomic E-state index is 6.45. The summed E-state index contributed by atoms with van der Waals surface area (Å²) in [5.74, 6) is 0. The number of rotatable bonds is 6. The Balaban J connectivity index is 1.13. The molecule has 0 atom stereocenters. The van der Waals surface area contributed by atoms with Gasteiger partial charge in [-0.25, -0.2) is 0 Å². The highest BCUT2D eigenvalue weighted by atomic mass is 16.3. The number of anilines is 3. The standard InChI is InChI=1S/C52H34N2O/c1-3-15-35(16-4-1)37-17-13-20-40(33-37)53(47-26-14-27-48-52(47)43-23-9-11-25-46(43)54(48)38-18-5-2-6-19-38)39-31-29-36(30-32-39)45-34-50-51(42-22-8-7-21-41(42)45)44-24-10-12-28-49(44)55-50/h1-34H. The van der Waals surface area contributed by atoms with E-state index in [4.69, 9.17) is 4.42 Å². The van der Waals surface area contributed by atoms with Gasteiger partial charge in [-0.15, -0.1) is 0 Å². The van der Waals surface area contributed by atoms with Crippen LogP contribution in [0.3, 0.4) is 0 Å². The topological polar surface area (TPSA) is 21.3 Å². The molecule has 0 saturated carbocycles. The van der Waals surface area contributed by atoms with Gasteiger partial charge in [-0.3, -0.25) is 0 Å². The number of fused-ring (bicyclic) bond motifs is 8. The van der Waals surface area contributed by atoms with E-state index in [9.17, 15) is 0 Å². The molecule has 258 valence electrons. The van der Waals surface area contributed by atoms with E-state index < -0.39 is 0 Å². The molecule has 3 nitrogen and oxygen atoms in total. The molecule has 0 aliphatic rings. The molecule has 9 aromatic carbocycles. The van der Waals surface area contributed by atoms with Crippen LogP contribution in [-0.4, -0.2) is 4.57 Å². The first kappa shape index (κ1) is 31.2. The van der Waals surface area contributed by atoms with Gasteiger partial charge in [0.15, 0.2) is 0 Å². The Bertz CT molecular complexity index is 3190. The van der Waals surface area contributed by atoms with Crippen LogP contribution in [0.2, 0.25) is 0 Å². The van der Waals surface area contributed by atoms with Crippen molar-refractivity contribution >= 4 is 71.6 Å². The van der Waals surface area contributed by atoms with Crippen molar-refractivity contribution in [3.8, 4) is 27.9 Å². The van der Waals surface area contributed by atoms with Crippen LogP contribution in [0.25, 0.3) is 82.5 Å². The van der Waals surface area contributed by atoms with E-state index in [1.54, 1.807) is 0 Å². The number of hydrogen-bond acceptors (Lipinski definition) is 2. The molecule has 0 radical (unpaired) electrons. The van der Waals surface area contributed by atoms with Crippen molar-refractivity contribution in [1.29, 1.82) is 0 Å². The van der Waals surface area contributed by atoms with Gasteiger partial charge in [0.25, 0.3) is 0 Å². The second-order valence-electron chi connectivity index (χ2n) is 14.1. The zero-order valence-corrected chi connectivity index (χ0v) is 29.9. The average molecular weight is 703 g/mol. The van der Waals surface area contributed by atoms with Crippen molar-refractivity contribution in [2.45, 2.75) is 0 Å². The zero-order chi connectivity index (χ0) is 36.3. The van der Waals surface area contributed by atoms with Gasteiger partial charge in [0, 0.05) is 38.6 Å². The number of aromatic nitrogens is 1. The molecule has 0 aliphatic carbocycles. The maximum Gasteiger partial charge on any atom is 0.136 e. The van der Waals surface area contributed by atoms with E-state index in [0.717, 1.165) is 55.9 Å². The summed E-state index contributed by atoms with van der Waals surface area (Å²) >= 11 is 0. The van der Waals surface area contributed by atoms with E-state index >= 15 is 0 Å². The summed E-state index contributed by atoms with van der Waals surface area (Å²) in [5, 5.41) is 7.14. The van der Waals surface area contributed by atoms with Crippen LogP contribution in [0.15, 0.2) is 211 Å². The van der Waals surface area contributed by atoms with Crippen molar-refractivity contribution in [3.63, 3.8) is 0 Å². The summed E-state index contributed by atoms with van der Waals surface area (Å²) in [7, 11) is 0. The predicted octanol–water partition coefficient (Wildman–Crippen LogP) is 14.6. The van der Waals surface area contributed by atoms with Gasteiger partial charge in [0.05, 0.1) is 16.7 Å². The second kappa shape index (κ2) is 12.6. The predicted molar refractivity (Wildman–Crippen MR) is 231 cm³/mol. The fourth-order valence-electron chi connectivity index (χ4n) is 8.54. The van der Waals surface area contributed by atoms with Gasteiger partial charge in [-0.05, 0) is 99.8 Å². The lowest BCUT2D eigenvalue weighted by atomic mass is 9.94. The van der Waals surface area contributed by atoms with Crippen LogP contribution in [-0.2, 0) is 0 Å². The van der Waals surface area contributed by atoms with Crippen molar-refractivity contribution in [2.75, 3.05) is 4.90 Å². The molecule has 0 bridgehead atoms. The van der Waals surface area contributed by atoms with E-state index in [1.165, 1.54) is 43.6 Å². The molecule has 2 heterocycles. The fourth-order valence-corrected chi connectivity index (χ4v) is 8.54. The SMILES string of the molecule is c1ccc(-c2cccc(N(c3ccc(-c4cc5oc6ccccc6c5c5ccccc45)cc3)c3cccc4c3c3ccccc3n4-c3ccccc3)c2)cc1. The van der Waals surface area contributed by atoms with Crippen LogP contribution >= 0.6 is 0 Å². The molecule has 0 spiro atoms. The second-order valence-corrected chi connectivity index (χ2v) is 14.1. The van der Waals surface area contributed by atoms with Gasteiger partial charge in [-0.2, -0.15) is 0 Å². The Kier molecular flexibility index (Phi) is 7.17. The van der Waals surface area contributed by atoms with Crippen LogP contribution in [0, 0.1) is 0 Å². The first-order chi connectivity index (χ1) is 27.3. The number of benzene rings is 9. The third-order valence-electron chi connectivity index (χ3n) is 11.0. The Morgan fingerprint density at radius 1 is 0.364 bits per heavy atom. The third-order valence-corrected chi connectivity index (χ3v) is 11.0. The van der Waals surface area contributed by atoms with E-state index in [0.29, 0.717) is 0 Å². The minimum absolute atomic E-state index is 0.903. The summed E-state index contributed by atoms with van der Waals surface area (Å²) in [6, 6.07) is 73.9. The summed E-state index contributed by atoms with van der Waals surface area (Å²) in [6.45, 7) is 0. The smallest absolute Gasteiger partial charge is 0.136 e. The van der Waals surface area contributed by atoms with E-state index in [1.807, 2.05) is 6.07 Å². The average Bonchev–Trinajstić information content (AvgIpc) is 3.81. The van der Waals surface area contributed by atoms with Crippen LogP contribution in [0.1, 0.15) is 0 Å². The largest absolute Gasteiger partial charge is 0.456 e. The lowest BCUT2D eigenvalue weighted by molar-refractivity contribution is 0.669. The molecule has 55 heavy (non-hydrogen) atoms. The van der Waals surface area contributed by atoms with Gasteiger partial charge >= 0.3 is 0 Å². The van der Waals surface area contributed by atoms with Crippen molar-refractivity contribution in [2.24, 2.45) is 0 Å². The highest BCUT2D eigenvalue weighted by molar-refractivity contribution is 6.22. The van der Waals surface area contributed by atoms with Crippen LogP contribution < -0.4 is 4.90 Å². The van der Waals surface area contributed by atoms with Gasteiger partial charge < -0.3 is 13.9 Å². The molecule has 0 fully saturated rings. The molecule has 11 rings (SSSR count). The molecular weight excluding hydrogens is 669 g/mol. The number of para-hydroxylation sites is 3. The highest BCUT2D eigenvalue weighted by Crippen LogP contribution is 2.46. The van der Waals surface area contributed by atoms with E-state index in [2.05, 4.69) is 210 Å². The summed E-state index contributed by atoms with van der Waals surface area (Å²) in [6.07, 6.45) is 0. The van der Waals surface area contributed by atoms with E-state index in [-0.39, 0.29) is 0 Å². The minimum atomic E-state index is 0.903. The molecule has 0 amide bonds. The summed E-state index contributed by atoms with van der Waals surface area (Å²) in [4.78, 5) is 2.42. The molecule has 0 N–H and O–H groups in total. The van der Waals surface area contributed by atoms with Gasteiger partial charge in [-0.1, -0.05) is 140 Å². The molecular formula is C52H34N2O. The Hall–Kier alpha value is -7.36. The normalized spacial score (nSPS) is 11.6. The third kappa shape index (κ3) is 5.05. The molecule has 11 aromatic rings. The van der Waals surface area contributed by atoms with Gasteiger partial charge in [0.1, 0.15) is 11.2 Å². The molecule has 0 saturated heterocycles. The maximum atomic E-state index is 6.45. The summed E-state index contributed by atoms with van der Waals surface area (Å²) in [5.41, 5.74) is 13.2. The molecule has 0 aliphatic heterocycles. The molecule has 2 aromatic heterocycles. The number of nitrogens with zero attached hydrogens (tertiary/aromatic N) is 2. The number of furan rings is 1. The first-order valence-corrected chi connectivity index (χ1v) is 18.8. The zero-order valence-electron chi connectivity index (χ0n) is 29.9. The molecule has 3 heteroatoms. The Morgan fingerprint density at radius 3 is 1.82 bits per heavy atom. The van der Waals surface area contributed by atoms with Gasteiger partial charge in [0.2, 0.25) is 0 Å². The molecule has 0 unspecified atom stereocenters. The van der Waals surface area contributed by atoms with Crippen molar-refractivity contribution in [1.82, 2.24) is 4.57 Å². The first-order valence-electron chi connectivity index (χ1n) is 18.8. The Morgan fingerprint density at radius 2 is 1.00 bits per heavy atom. The Labute approximate surface area is 318 Å². The fraction of sp³-hybridized carbons (Fsp3) is 0.